The Kier molecular flexibility index (Phi) is 3.08. The lowest BCUT2D eigenvalue weighted by molar-refractivity contribution is -0.133. The van der Waals surface area contributed by atoms with Crippen LogP contribution in [0.1, 0.15) is 39.0 Å². The van der Waals surface area contributed by atoms with E-state index in [-0.39, 0.29) is 11.8 Å². The summed E-state index contributed by atoms with van der Waals surface area (Å²) in [4.78, 5) is 25.3. The molecule has 0 aromatic carbocycles. The van der Waals surface area contributed by atoms with Crippen LogP contribution in [-0.4, -0.2) is 29.7 Å². The minimum Gasteiger partial charge on any atom is -0.343 e. The summed E-state index contributed by atoms with van der Waals surface area (Å²) in [5, 5.41) is 0. The first kappa shape index (κ1) is 10.7. The molecular weight excluding hydrogens is 190 g/mol. The van der Waals surface area contributed by atoms with Crippen molar-refractivity contribution in [3.8, 4) is 0 Å². The molecule has 0 N–H and O–H groups in total. The molecule has 3 nitrogen and oxygen atoms in total. The van der Waals surface area contributed by atoms with E-state index < -0.39 is 0 Å². The highest BCUT2D eigenvalue weighted by molar-refractivity contribution is 5.88. The molecular formula is C12H19NO2. The fraction of sp³-hybridized carbons (Fsp3) is 0.833. The van der Waals surface area contributed by atoms with Crippen LogP contribution in [-0.2, 0) is 9.59 Å². The fourth-order valence-electron chi connectivity index (χ4n) is 2.71. The third-order valence-electron chi connectivity index (χ3n) is 3.57. The number of rotatable bonds is 2. The highest BCUT2D eigenvalue weighted by Gasteiger charge is 2.32. The number of nitrogens with zero attached hydrogens (tertiary/aromatic N) is 1. The van der Waals surface area contributed by atoms with Crippen LogP contribution < -0.4 is 0 Å². The molecule has 1 aliphatic carbocycles. The van der Waals surface area contributed by atoms with Gasteiger partial charge in [0.2, 0.25) is 5.91 Å². The Labute approximate surface area is 90.8 Å². The number of hydrogen-bond acceptors (Lipinski definition) is 2. The van der Waals surface area contributed by atoms with Crippen molar-refractivity contribution < 1.29 is 9.59 Å². The predicted molar refractivity (Wildman–Crippen MR) is 57.3 cm³/mol. The number of Topliss-reactive ketones (excluding diaryl/α,β-unsaturated/α-hetero) is 1. The normalized spacial score (nSPS) is 31.3. The second kappa shape index (κ2) is 4.33. The maximum absolute atomic E-state index is 11.8. The molecule has 0 unspecified atom stereocenters. The van der Waals surface area contributed by atoms with Gasteiger partial charge >= 0.3 is 0 Å². The van der Waals surface area contributed by atoms with E-state index in [2.05, 4.69) is 6.92 Å². The van der Waals surface area contributed by atoms with Gasteiger partial charge in [-0.15, -0.1) is 0 Å². The quantitative estimate of drug-likeness (QED) is 0.693. The smallest absolute Gasteiger partial charge is 0.223 e. The zero-order valence-electron chi connectivity index (χ0n) is 9.37. The van der Waals surface area contributed by atoms with Crippen molar-refractivity contribution in [3.63, 3.8) is 0 Å². The van der Waals surface area contributed by atoms with Crippen LogP contribution in [0.25, 0.3) is 0 Å². The van der Waals surface area contributed by atoms with Gasteiger partial charge < -0.3 is 4.90 Å². The molecule has 0 spiro atoms. The summed E-state index contributed by atoms with van der Waals surface area (Å²) in [5.74, 6) is 0.997. The van der Waals surface area contributed by atoms with Crippen LogP contribution in [0, 0.1) is 11.8 Å². The summed E-state index contributed by atoms with van der Waals surface area (Å²) in [6.45, 7) is 3.89. The van der Waals surface area contributed by atoms with E-state index in [1.165, 1.54) is 0 Å². The number of carbonyl (C=O) groups excluding carboxylic acids is 2. The van der Waals surface area contributed by atoms with Gasteiger partial charge in [0.05, 0.1) is 0 Å². The van der Waals surface area contributed by atoms with E-state index >= 15 is 0 Å². The Morgan fingerprint density at radius 2 is 2.07 bits per heavy atom. The van der Waals surface area contributed by atoms with Crippen LogP contribution >= 0.6 is 0 Å². The molecule has 2 atom stereocenters. The second-order valence-electron chi connectivity index (χ2n) is 5.00. The zero-order chi connectivity index (χ0) is 10.8. The molecule has 3 heteroatoms. The van der Waals surface area contributed by atoms with Crippen molar-refractivity contribution in [3.05, 3.63) is 0 Å². The highest BCUT2D eigenvalue weighted by atomic mass is 16.2. The number of amides is 1. The van der Waals surface area contributed by atoms with Gasteiger partial charge in [-0.05, 0) is 25.2 Å². The Hall–Kier alpha value is -0.860. The van der Waals surface area contributed by atoms with E-state index in [0.717, 1.165) is 32.4 Å². The molecule has 1 aliphatic heterocycles. The maximum Gasteiger partial charge on any atom is 0.223 e. The van der Waals surface area contributed by atoms with E-state index in [9.17, 15) is 9.59 Å². The average Bonchev–Trinajstić information content (AvgIpc) is 2.76. The van der Waals surface area contributed by atoms with Crippen LogP contribution in [0.2, 0.25) is 0 Å². The number of carbonyl (C=O) groups is 2. The molecule has 1 saturated heterocycles. The van der Waals surface area contributed by atoms with Crippen LogP contribution in [0.3, 0.4) is 0 Å². The summed E-state index contributed by atoms with van der Waals surface area (Å²) in [5.41, 5.74) is 0. The van der Waals surface area contributed by atoms with Gasteiger partial charge in [0.25, 0.3) is 0 Å². The largest absolute Gasteiger partial charge is 0.343 e. The number of likely N-dealkylation sites (tertiary alicyclic amines) is 1. The summed E-state index contributed by atoms with van der Waals surface area (Å²) < 4.78 is 0. The molecule has 1 saturated carbocycles. The Bertz CT molecular complexity index is 269. The molecule has 15 heavy (non-hydrogen) atoms. The lowest BCUT2D eigenvalue weighted by atomic mass is 10.0. The number of ketones is 1. The lowest BCUT2D eigenvalue weighted by Gasteiger charge is -2.17. The zero-order valence-corrected chi connectivity index (χ0v) is 9.37. The minimum absolute atomic E-state index is 0.0214. The van der Waals surface area contributed by atoms with Gasteiger partial charge in [0.1, 0.15) is 5.78 Å². The predicted octanol–water partition coefficient (Wildman–Crippen LogP) is 1.61. The second-order valence-corrected chi connectivity index (χ2v) is 5.00. The average molecular weight is 209 g/mol. The molecule has 1 heterocycles. The molecule has 1 amide bonds. The van der Waals surface area contributed by atoms with E-state index in [0.29, 0.717) is 24.5 Å². The summed E-state index contributed by atoms with van der Waals surface area (Å²) in [6, 6.07) is 0. The Balaban J connectivity index is 1.85. The van der Waals surface area contributed by atoms with Crippen molar-refractivity contribution in [2.45, 2.75) is 39.0 Å². The van der Waals surface area contributed by atoms with Gasteiger partial charge in [-0.2, -0.15) is 0 Å². The molecule has 0 aromatic rings. The lowest BCUT2D eigenvalue weighted by Crippen LogP contribution is -2.30. The summed E-state index contributed by atoms with van der Waals surface area (Å²) in [7, 11) is 0. The summed E-state index contributed by atoms with van der Waals surface area (Å²) in [6.07, 6.45) is 4.31. The fourth-order valence-corrected chi connectivity index (χ4v) is 2.71. The molecule has 0 bridgehead atoms. The maximum atomic E-state index is 11.8. The van der Waals surface area contributed by atoms with Crippen molar-refractivity contribution in [2.24, 2.45) is 11.8 Å². The Morgan fingerprint density at radius 3 is 2.60 bits per heavy atom. The van der Waals surface area contributed by atoms with E-state index in [1.807, 2.05) is 4.90 Å². The summed E-state index contributed by atoms with van der Waals surface area (Å²) >= 11 is 0. The molecule has 2 aliphatic rings. The van der Waals surface area contributed by atoms with Crippen LogP contribution in [0.4, 0.5) is 0 Å². The standard InChI is InChI=1S/C12H19NO2/c1-9-6-10(11(14)7-9)8-12(15)13-4-2-3-5-13/h9-10H,2-8H2,1H3/t9-,10+/m1/s1. The van der Waals surface area contributed by atoms with Crippen molar-refractivity contribution >= 4 is 11.7 Å². The van der Waals surface area contributed by atoms with E-state index in [4.69, 9.17) is 0 Å². The topological polar surface area (TPSA) is 37.4 Å². The first-order valence-electron chi connectivity index (χ1n) is 5.97. The third-order valence-corrected chi connectivity index (χ3v) is 3.57. The molecule has 84 valence electrons. The molecule has 2 rings (SSSR count). The van der Waals surface area contributed by atoms with Crippen LogP contribution in [0.5, 0.6) is 0 Å². The third kappa shape index (κ3) is 2.39. The van der Waals surface area contributed by atoms with E-state index in [1.54, 1.807) is 0 Å². The number of hydrogen-bond donors (Lipinski definition) is 0. The Morgan fingerprint density at radius 1 is 1.40 bits per heavy atom. The van der Waals surface area contributed by atoms with Crippen molar-refractivity contribution in [2.75, 3.05) is 13.1 Å². The van der Waals surface area contributed by atoms with Gasteiger partial charge in [0, 0.05) is 31.8 Å². The highest BCUT2D eigenvalue weighted by Crippen LogP contribution is 2.30. The molecule has 0 radical (unpaired) electrons. The van der Waals surface area contributed by atoms with Gasteiger partial charge in [-0.25, -0.2) is 0 Å². The van der Waals surface area contributed by atoms with Gasteiger partial charge in [-0.1, -0.05) is 6.92 Å². The van der Waals surface area contributed by atoms with Gasteiger partial charge in [-0.3, -0.25) is 9.59 Å². The first-order valence-corrected chi connectivity index (χ1v) is 5.97. The minimum atomic E-state index is 0.0214. The monoisotopic (exact) mass is 209 g/mol. The molecule has 0 aromatic heterocycles. The molecule has 2 fully saturated rings. The SMILES string of the molecule is C[C@H]1CC(=O)[C@H](CC(=O)N2CCCC2)C1. The van der Waals surface area contributed by atoms with Crippen molar-refractivity contribution in [1.29, 1.82) is 0 Å². The van der Waals surface area contributed by atoms with Gasteiger partial charge in [0.15, 0.2) is 0 Å². The van der Waals surface area contributed by atoms with Crippen molar-refractivity contribution in [1.82, 2.24) is 4.90 Å². The first-order chi connectivity index (χ1) is 7.16. The van der Waals surface area contributed by atoms with Crippen LogP contribution in [0.15, 0.2) is 0 Å².